The second-order valence-electron chi connectivity index (χ2n) is 5.33. The normalized spacial score (nSPS) is 18.0. The molecule has 1 saturated heterocycles. The molecule has 0 saturated carbocycles. The average Bonchev–Trinajstić information content (AvgIpc) is 2.74. The lowest BCUT2D eigenvalue weighted by molar-refractivity contribution is 0.414. The largest absolute Gasteiger partial charge is 0.279 e. The lowest BCUT2D eigenvalue weighted by atomic mass is 10.2. The fourth-order valence-electron chi connectivity index (χ4n) is 2.34. The van der Waals surface area contributed by atoms with Gasteiger partial charge in [0.2, 0.25) is 10.0 Å². The van der Waals surface area contributed by atoms with Gasteiger partial charge in [-0.1, -0.05) is 25.0 Å². The molecule has 0 amide bonds. The molecule has 0 aromatic heterocycles. The summed E-state index contributed by atoms with van der Waals surface area (Å²) in [7, 11) is -7.23. The van der Waals surface area contributed by atoms with Crippen molar-refractivity contribution < 1.29 is 16.8 Å². The van der Waals surface area contributed by atoms with Crippen molar-refractivity contribution in [2.75, 3.05) is 13.1 Å². The fourth-order valence-corrected chi connectivity index (χ4v) is 4.13. The molecular weight excluding hydrogens is 326 g/mol. The van der Waals surface area contributed by atoms with Crippen molar-refractivity contribution in [1.82, 2.24) is 9.03 Å². The SMILES string of the molecule is NS(=O)(=O)c1ccc(CNS(=O)(=O)N2CCCCCC2)cc1. The second kappa shape index (κ2) is 7.05. The van der Waals surface area contributed by atoms with E-state index in [1.165, 1.54) is 16.4 Å². The number of hydrogen-bond donors (Lipinski definition) is 2. The molecule has 0 bridgehead atoms. The van der Waals surface area contributed by atoms with Gasteiger partial charge >= 0.3 is 0 Å². The van der Waals surface area contributed by atoms with Gasteiger partial charge in [-0.05, 0) is 30.5 Å². The Bertz CT molecular complexity index is 691. The monoisotopic (exact) mass is 347 g/mol. The third-order valence-corrected chi connectivity index (χ3v) is 6.10. The molecule has 1 aliphatic heterocycles. The van der Waals surface area contributed by atoms with Crippen LogP contribution in [0.5, 0.6) is 0 Å². The van der Waals surface area contributed by atoms with E-state index in [0.717, 1.165) is 25.7 Å². The van der Waals surface area contributed by atoms with E-state index in [2.05, 4.69) is 4.72 Å². The molecule has 7 nitrogen and oxygen atoms in total. The Morgan fingerprint density at radius 1 is 0.955 bits per heavy atom. The second-order valence-corrected chi connectivity index (χ2v) is 8.65. The van der Waals surface area contributed by atoms with Crippen LogP contribution in [0.15, 0.2) is 29.2 Å². The zero-order valence-electron chi connectivity index (χ0n) is 12.2. The molecule has 1 aromatic rings. The van der Waals surface area contributed by atoms with E-state index < -0.39 is 20.2 Å². The smallest absolute Gasteiger partial charge is 0.225 e. The van der Waals surface area contributed by atoms with E-state index in [0.29, 0.717) is 18.7 Å². The van der Waals surface area contributed by atoms with E-state index in [9.17, 15) is 16.8 Å². The van der Waals surface area contributed by atoms with E-state index in [1.807, 2.05) is 0 Å². The molecule has 2 rings (SSSR count). The summed E-state index contributed by atoms with van der Waals surface area (Å²) >= 11 is 0. The zero-order valence-corrected chi connectivity index (χ0v) is 13.9. The standard InChI is InChI=1S/C13H21N3O4S2/c14-21(17,18)13-7-5-12(6-8-13)11-15-22(19,20)16-9-3-1-2-4-10-16/h5-8,15H,1-4,9-11H2,(H2,14,17,18). The van der Waals surface area contributed by atoms with Gasteiger partial charge < -0.3 is 0 Å². The molecular formula is C13H21N3O4S2. The van der Waals surface area contributed by atoms with Crippen LogP contribution in [0.2, 0.25) is 0 Å². The Balaban J connectivity index is 1.99. The Morgan fingerprint density at radius 2 is 1.50 bits per heavy atom. The molecule has 0 unspecified atom stereocenters. The summed E-state index contributed by atoms with van der Waals surface area (Å²) in [5.74, 6) is 0. The molecule has 1 aromatic carbocycles. The van der Waals surface area contributed by atoms with Gasteiger partial charge in [-0.15, -0.1) is 0 Å². The first-order valence-corrected chi connectivity index (χ1v) is 10.1. The van der Waals surface area contributed by atoms with Crippen LogP contribution < -0.4 is 9.86 Å². The van der Waals surface area contributed by atoms with E-state index in [-0.39, 0.29) is 11.4 Å². The number of rotatable bonds is 5. The summed E-state index contributed by atoms with van der Waals surface area (Å²) in [6.45, 7) is 1.20. The van der Waals surface area contributed by atoms with Crippen molar-refractivity contribution in [3.8, 4) is 0 Å². The summed E-state index contributed by atoms with van der Waals surface area (Å²) in [6, 6.07) is 5.82. The zero-order chi connectivity index (χ0) is 16.2. The third-order valence-electron chi connectivity index (χ3n) is 3.62. The van der Waals surface area contributed by atoms with Crippen molar-refractivity contribution in [2.24, 2.45) is 5.14 Å². The van der Waals surface area contributed by atoms with Gasteiger partial charge in [0.15, 0.2) is 0 Å². The predicted octanol–water partition coefficient (Wildman–Crippen LogP) is 0.544. The summed E-state index contributed by atoms with van der Waals surface area (Å²) in [5.41, 5.74) is 0.672. The molecule has 9 heteroatoms. The molecule has 124 valence electrons. The molecule has 0 spiro atoms. The first-order chi connectivity index (χ1) is 10.3. The minimum atomic E-state index is -3.73. The molecule has 1 aliphatic rings. The van der Waals surface area contributed by atoms with Crippen molar-refractivity contribution in [1.29, 1.82) is 0 Å². The van der Waals surface area contributed by atoms with Crippen molar-refractivity contribution in [3.63, 3.8) is 0 Å². The quantitative estimate of drug-likeness (QED) is 0.810. The van der Waals surface area contributed by atoms with Gasteiger partial charge in [-0.2, -0.15) is 17.4 Å². The molecule has 1 fully saturated rings. The van der Waals surface area contributed by atoms with E-state index in [1.54, 1.807) is 12.1 Å². The maximum absolute atomic E-state index is 12.2. The molecule has 0 aliphatic carbocycles. The highest BCUT2D eigenvalue weighted by molar-refractivity contribution is 7.89. The molecule has 3 N–H and O–H groups in total. The Morgan fingerprint density at radius 3 is 2.00 bits per heavy atom. The molecule has 0 radical (unpaired) electrons. The van der Waals surface area contributed by atoms with Crippen LogP contribution in [0.25, 0.3) is 0 Å². The van der Waals surface area contributed by atoms with Crippen LogP contribution in [0.1, 0.15) is 31.2 Å². The lowest BCUT2D eigenvalue weighted by Crippen LogP contribution is -2.40. The number of nitrogens with one attached hydrogen (secondary N) is 1. The minimum absolute atomic E-state index is 0.00613. The van der Waals surface area contributed by atoms with Crippen LogP contribution in [0.3, 0.4) is 0 Å². The topological polar surface area (TPSA) is 110 Å². The van der Waals surface area contributed by atoms with Crippen molar-refractivity contribution in [3.05, 3.63) is 29.8 Å². The van der Waals surface area contributed by atoms with Gasteiger partial charge in [0.05, 0.1) is 4.90 Å². The van der Waals surface area contributed by atoms with E-state index >= 15 is 0 Å². The summed E-state index contributed by atoms with van der Waals surface area (Å²) in [4.78, 5) is 0.00613. The van der Waals surface area contributed by atoms with Crippen LogP contribution in [0, 0.1) is 0 Å². The van der Waals surface area contributed by atoms with Gasteiger partial charge in [-0.25, -0.2) is 13.6 Å². The Labute approximate surface area is 131 Å². The number of benzene rings is 1. The number of sulfonamides is 1. The molecule has 1 heterocycles. The van der Waals surface area contributed by atoms with Crippen molar-refractivity contribution in [2.45, 2.75) is 37.1 Å². The van der Waals surface area contributed by atoms with Crippen molar-refractivity contribution >= 4 is 20.2 Å². The maximum Gasteiger partial charge on any atom is 0.279 e. The Kier molecular flexibility index (Phi) is 5.56. The molecule has 0 atom stereocenters. The van der Waals surface area contributed by atoms with Gasteiger partial charge in [0.1, 0.15) is 0 Å². The van der Waals surface area contributed by atoms with Crippen LogP contribution in [0.4, 0.5) is 0 Å². The van der Waals surface area contributed by atoms with Gasteiger partial charge in [-0.3, -0.25) is 0 Å². The summed E-state index contributed by atoms with van der Waals surface area (Å²) in [6.07, 6.45) is 3.87. The third kappa shape index (κ3) is 4.75. The van der Waals surface area contributed by atoms with Crippen LogP contribution in [-0.2, 0) is 26.8 Å². The van der Waals surface area contributed by atoms with Gasteiger partial charge in [0, 0.05) is 19.6 Å². The highest BCUT2D eigenvalue weighted by atomic mass is 32.2. The highest BCUT2D eigenvalue weighted by Crippen LogP contribution is 2.13. The maximum atomic E-state index is 12.2. The fraction of sp³-hybridized carbons (Fsp3) is 0.538. The predicted molar refractivity (Wildman–Crippen MR) is 83.6 cm³/mol. The average molecular weight is 347 g/mol. The lowest BCUT2D eigenvalue weighted by Gasteiger charge is -2.20. The number of primary sulfonamides is 1. The van der Waals surface area contributed by atoms with E-state index in [4.69, 9.17) is 5.14 Å². The first-order valence-electron chi connectivity index (χ1n) is 7.15. The minimum Gasteiger partial charge on any atom is -0.225 e. The number of hydrogen-bond acceptors (Lipinski definition) is 4. The Hall–Kier alpha value is -1.00. The first kappa shape index (κ1) is 17.4. The van der Waals surface area contributed by atoms with Crippen LogP contribution >= 0.6 is 0 Å². The number of nitrogens with two attached hydrogens (primary N) is 1. The number of nitrogens with zero attached hydrogens (tertiary/aromatic N) is 1. The summed E-state index contributed by atoms with van der Waals surface area (Å²) < 4.78 is 50.8. The molecule has 22 heavy (non-hydrogen) atoms. The van der Waals surface area contributed by atoms with Gasteiger partial charge in [0.25, 0.3) is 10.2 Å². The summed E-state index contributed by atoms with van der Waals surface area (Å²) in [5, 5.41) is 5.02. The highest BCUT2D eigenvalue weighted by Gasteiger charge is 2.22. The van der Waals surface area contributed by atoms with Crippen LogP contribution in [-0.4, -0.2) is 34.2 Å².